The Hall–Kier alpha value is -3.52. The number of hydrogen-bond donors (Lipinski definition) is 1. The van der Waals surface area contributed by atoms with E-state index in [-0.39, 0.29) is 11.7 Å². The van der Waals surface area contributed by atoms with Crippen molar-refractivity contribution < 1.29 is 14.3 Å². The molecule has 0 atom stereocenters. The van der Waals surface area contributed by atoms with Crippen molar-refractivity contribution in [3.05, 3.63) is 72.1 Å². The number of benzene rings is 2. The average molecular weight is 449 g/mol. The topological polar surface area (TPSA) is 77.8 Å². The fourth-order valence-corrected chi connectivity index (χ4v) is 4.06. The standard InChI is InChI=1S/C24H24N4O3S/c1-16-4-7-18(8-5-16)19-13-20-24(25-10-11-28(20)27-19)32-15-23(29)26-14-17-6-9-21(30-2)22(12-17)31-3/h4-13H,14-15H2,1-3H3,(H,26,29). The second-order valence-electron chi connectivity index (χ2n) is 7.21. The fourth-order valence-electron chi connectivity index (χ4n) is 3.25. The predicted octanol–water partition coefficient (Wildman–Crippen LogP) is 4.13. The molecule has 4 aromatic rings. The number of carbonyl (C=O) groups excluding carboxylic acids is 1. The number of aryl methyl sites for hydroxylation is 1. The van der Waals surface area contributed by atoms with Gasteiger partial charge in [0.25, 0.3) is 0 Å². The van der Waals surface area contributed by atoms with Gasteiger partial charge in [0.1, 0.15) is 5.03 Å². The van der Waals surface area contributed by atoms with E-state index in [2.05, 4.69) is 46.6 Å². The Balaban J connectivity index is 1.40. The lowest BCUT2D eigenvalue weighted by Crippen LogP contribution is -2.24. The maximum absolute atomic E-state index is 12.4. The van der Waals surface area contributed by atoms with Gasteiger partial charge in [0.05, 0.1) is 31.2 Å². The highest BCUT2D eigenvalue weighted by Gasteiger charge is 2.12. The van der Waals surface area contributed by atoms with E-state index in [1.807, 2.05) is 30.5 Å². The van der Waals surface area contributed by atoms with E-state index in [0.717, 1.165) is 27.4 Å². The molecular weight excluding hydrogens is 424 g/mol. The summed E-state index contributed by atoms with van der Waals surface area (Å²) in [7, 11) is 3.18. The zero-order valence-corrected chi connectivity index (χ0v) is 19.0. The second kappa shape index (κ2) is 9.74. The summed E-state index contributed by atoms with van der Waals surface area (Å²) in [5.41, 5.74) is 4.93. The van der Waals surface area contributed by atoms with Crippen LogP contribution in [0.25, 0.3) is 16.8 Å². The lowest BCUT2D eigenvalue weighted by atomic mass is 10.1. The summed E-state index contributed by atoms with van der Waals surface area (Å²) in [6.45, 7) is 2.46. The zero-order valence-electron chi connectivity index (χ0n) is 18.2. The molecule has 1 amide bonds. The molecule has 0 radical (unpaired) electrons. The number of nitrogens with one attached hydrogen (secondary N) is 1. The summed E-state index contributed by atoms with van der Waals surface area (Å²) < 4.78 is 12.4. The van der Waals surface area contributed by atoms with E-state index >= 15 is 0 Å². The Labute approximate surface area is 190 Å². The largest absolute Gasteiger partial charge is 0.493 e. The van der Waals surface area contributed by atoms with E-state index in [4.69, 9.17) is 9.47 Å². The van der Waals surface area contributed by atoms with Crippen molar-refractivity contribution >= 4 is 23.2 Å². The number of ether oxygens (including phenoxy) is 2. The van der Waals surface area contributed by atoms with Crippen molar-refractivity contribution in [2.24, 2.45) is 0 Å². The Bertz CT molecular complexity index is 1240. The zero-order chi connectivity index (χ0) is 22.5. The van der Waals surface area contributed by atoms with Crippen LogP contribution in [0.15, 0.2) is 66.0 Å². The molecule has 0 spiro atoms. The van der Waals surface area contributed by atoms with Gasteiger partial charge >= 0.3 is 0 Å². The van der Waals surface area contributed by atoms with E-state index in [9.17, 15) is 4.79 Å². The highest BCUT2D eigenvalue weighted by molar-refractivity contribution is 8.00. The number of amides is 1. The molecule has 164 valence electrons. The third-order valence-corrected chi connectivity index (χ3v) is 5.97. The Morgan fingerprint density at radius 3 is 2.59 bits per heavy atom. The molecule has 0 aliphatic carbocycles. The number of aromatic nitrogens is 3. The quantitative estimate of drug-likeness (QED) is 0.409. The van der Waals surface area contributed by atoms with Gasteiger partial charge in [0.2, 0.25) is 5.91 Å². The van der Waals surface area contributed by atoms with Gasteiger partial charge in [-0.25, -0.2) is 9.50 Å². The molecule has 2 heterocycles. The molecule has 32 heavy (non-hydrogen) atoms. The smallest absolute Gasteiger partial charge is 0.230 e. The van der Waals surface area contributed by atoms with E-state index in [1.54, 1.807) is 24.9 Å². The first-order valence-corrected chi connectivity index (χ1v) is 11.1. The van der Waals surface area contributed by atoms with Gasteiger partial charge in [0, 0.05) is 24.5 Å². The first kappa shape index (κ1) is 21.7. The van der Waals surface area contributed by atoms with Crippen molar-refractivity contribution in [2.45, 2.75) is 18.5 Å². The normalized spacial score (nSPS) is 10.8. The van der Waals surface area contributed by atoms with Crippen molar-refractivity contribution in [1.29, 1.82) is 0 Å². The second-order valence-corrected chi connectivity index (χ2v) is 8.18. The summed E-state index contributed by atoms with van der Waals surface area (Å²) in [6, 6.07) is 15.8. The molecule has 0 unspecified atom stereocenters. The van der Waals surface area contributed by atoms with Gasteiger partial charge in [0.15, 0.2) is 11.5 Å². The van der Waals surface area contributed by atoms with Crippen molar-refractivity contribution in [2.75, 3.05) is 20.0 Å². The number of fused-ring (bicyclic) bond motifs is 1. The van der Waals surface area contributed by atoms with Crippen LogP contribution in [0, 0.1) is 6.92 Å². The minimum atomic E-state index is -0.0770. The number of thioether (sulfide) groups is 1. The van der Waals surface area contributed by atoms with Crippen LogP contribution in [-0.4, -0.2) is 40.5 Å². The van der Waals surface area contributed by atoms with Crippen LogP contribution in [0.4, 0.5) is 0 Å². The fraction of sp³-hybridized carbons (Fsp3) is 0.208. The number of hydrogen-bond acceptors (Lipinski definition) is 6. The van der Waals surface area contributed by atoms with Crippen LogP contribution in [-0.2, 0) is 11.3 Å². The highest BCUT2D eigenvalue weighted by Crippen LogP contribution is 2.28. The third-order valence-electron chi connectivity index (χ3n) is 4.98. The van der Waals surface area contributed by atoms with E-state index in [0.29, 0.717) is 18.0 Å². The average Bonchev–Trinajstić information content (AvgIpc) is 3.26. The first-order chi connectivity index (χ1) is 15.6. The number of methoxy groups -OCH3 is 2. The SMILES string of the molecule is COc1ccc(CNC(=O)CSc2nccn3nc(-c4ccc(C)cc4)cc23)cc1OC. The molecule has 2 aromatic heterocycles. The van der Waals surface area contributed by atoms with Crippen LogP contribution in [0.1, 0.15) is 11.1 Å². The molecule has 0 aliphatic rings. The van der Waals surface area contributed by atoms with Crippen molar-refractivity contribution in [3.63, 3.8) is 0 Å². The number of nitrogens with zero attached hydrogens (tertiary/aromatic N) is 3. The number of carbonyl (C=O) groups is 1. The predicted molar refractivity (Wildman–Crippen MR) is 125 cm³/mol. The van der Waals surface area contributed by atoms with Gasteiger partial charge in [-0.1, -0.05) is 47.7 Å². The molecule has 0 saturated carbocycles. The molecule has 0 bridgehead atoms. The van der Waals surface area contributed by atoms with Gasteiger partial charge in [-0.05, 0) is 30.7 Å². The van der Waals surface area contributed by atoms with Crippen LogP contribution < -0.4 is 14.8 Å². The molecule has 1 N–H and O–H groups in total. The van der Waals surface area contributed by atoms with Gasteiger partial charge in [-0.3, -0.25) is 4.79 Å². The van der Waals surface area contributed by atoms with Crippen LogP contribution >= 0.6 is 11.8 Å². The lowest BCUT2D eigenvalue weighted by molar-refractivity contribution is -0.118. The van der Waals surface area contributed by atoms with Crippen LogP contribution in [0.2, 0.25) is 0 Å². The molecular formula is C24H24N4O3S. The Morgan fingerprint density at radius 2 is 1.84 bits per heavy atom. The van der Waals surface area contributed by atoms with Crippen molar-refractivity contribution in [1.82, 2.24) is 19.9 Å². The number of rotatable bonds is 8. The summed E-state index contributed by atoms with van der Waals surface area (Å²) in [4.78, 5) is 16.9. The van der Waals surface area contributed by atoms with Crippen molar-refractivity contribution in [3.8, 4) is 22.8 Å². The molecule has 0 aliphatic heterocycles. The minimum Gasteiger partial charge on any atom is -0.493 e. The monoisotopic (exact) mass is 448 g/mol. The maximum atomic E-state index is 12.4. The van der Waals surface area contributed by atoms with Crippen LogP contribution in [0.3, 0.4) is 0 Å². The summed E-state index contributed by atoms with van der Waals surface area (Å²) >= 11 is 1.39. The van der Waals surface area contributed by atoms with Gasteiger partial charge in [-0.15, -0.1) is 0 Å². The maximum Gasteiger partial charge on any atom is 0.230 e. The molecule has 4 rings (SSSR count). The summed E-state index contributed by atoms with van der Waals surface area (Å²) in [6.07, 6.45) is 3.51. The van der Waals surface area contributed by atoms with Gasteiger partial charge in [-0.2, -0.15) is 5.10 Å². The molecule has 0 saturated heterocycles. The molecule has 0 fully saturated rings. The molecule has 2 aromatic carbocycles. The highest BCUT2D eigenvalue weighted by atomic mass is 32.2. The summed E-state index contributed by atoms with van der Waals surface area (Å²) in [5, 5.41) is 8.35. The molecule has 7 nitrogen and oxygen atoms in total. The Kier molecular flexibility index (Phi) is 6.61. The van der Waals surface area contributed by atoms with Gasteiger partial charge < -0.3 is 14.8 Å². The lowest BCUT2D eigenvalue weighted by Gasteiger charge is -2.10. The first-order valence-electron chi connectivity index (χ1n) is 10.1. The Morgan fingerprint density at radius 1 is 1.06 bits per heavy atom. The summed E-state index contributed by atoms with van der Waals surface area (Å²) in [5.74, 6) is 1.47. The third kappa shape index (κ3) is 4.86. The van der Waals surface area contributed by atoms with E-state index in [1.165, 1.54) is 17.3 Å². The van der Waals surface area contributed by atoms with Crippen LogP contribution in [0.5, 0.6) is 11.5 Å². The minimum absolute atomic E-state index is 0.0770. The van der Waals surface area contributed by atoms with E-state index < -0.39 is 0 Å². The molecule has 8 heteroatoms.